The Kier molecular flexibility index (Phi) is 6.12. The zero-order chi connectivity index (χ0) is 28.6. The van der Waals surface area contributed by atoms with Gasteiger partial charge in [-0.25, -0.2) is 4.98 Å². The van der Waals surface area contributed by atoms with E-state index >= 15 is 0 Å². The third kappa shape index (κ3) is 4.58. The lowest BCUT2D eigenvalue weighted by Gasteiger charge is -2.12. The highest BCUT2D eigenvalue weighted by Gasteiger charge is 2.16. The molecule has 5 aromatic carbocycles. The quantitative estimate of drug-likeness (QED) is 0.232. The Bertz CT molecular complexity index is 2220. The maximum absolute atomic E-state index is 5.30. The lowest BCUT2D eigenvalue weighted by atomic mass is 9.97. The van der Waals surface area contributed by atoms with Crippen molar-refractivity contribution in [2.45, 2.75) is 0 Å². The highest BCUT2D eigenvalue weighted by Crippen LogP contribution is 2.38. The molecule has 43 heavy (non-hydrogen) atoms. The van der Waals surface area contributed by atoms with Crippen LogP contribution in [-0.4, -0.2) is 15.0 Å². The Labute approximate surface area is 250 Å². The smallest absolute Gasteiger partial charge is 0.0736 e. The maximum atomic E-state index is 5.30. The molecule has 3 heteroatoms. The van der Waals surface area contributed by atoms with Crippen molar-refractivity contribution in [3.63, 3.8) is 0 Å². The van der Waals surface area contributed by atoms with Crippen LogP contribution in [0.5, 0.6) is 0 Å². The van der Waals surface area contributed by atoms with Gasteiger partial charge in [-0.1, -0.05) is 121 Å². The van der Waals surface area contributed by atoms with E-state index in [1.807, 2.05) is 18.3 Å². The fraction of sp³-hybridized carbons (Fsp3) is 0. The highest BCUT2D eigenvalue weighted by molar-refractivity contribution is 6.15. The Morgan fingerprint density at radius 3 is 1.60 bits per heavy atom. The summed E-state index contributed by atoms with van der Waals surface area (Å²) in [6.45, 7) is 0. The fourth-order valence-corrected chi connectivity index (χ4v) is 6.00. The number of aromatic amines is 1. The van der Waals surface area contributed by atoms with Gasteiger partial charge in [0.2, 0.25) is 0 Å². The molecule has 202 valence electrons. The molecule has 0 aliphatic heterocycles. The van der Waals surface area contributed by atoms with Crippen molar-refractivity contribution in [2.75, 3.05) is 0 Å². The molecule has 8 aromatic rings. The largest absolute Gasteiger partial charge is 0.353 e. The maximum Gasteiger partial charge on any atom is 0.0736 e. The van der Waals surface area contributed by atoms with Gasteiger partial charge in [0.15, 0.2) is 0 Å². The van der Waals surface area contributed by atoms with E-state index in [0.717, 1.165) is 55.9 Å². The summed E-state index contributed by atoms with van der Waals surface area (Å²) in [6, 6.07) is 53.1. The van der Waals surface area contributed by atoms with Crippen LogP contribution in [0, 0.1) is 0 Å². The number of H-pyrrole nitrogens is 1. The highest BCUT2D eigenvalue weighted by atomic mass is 14.8. The molecular weight excluding hydrogens is 522 g/mol. The normalized spacial score (nSPS) is 11.3. The van der Waals surface area contributed by atoms with Crippen LogP contribution >= 0.6 is 0 Å². The first-order valence-electron chi connectivity index (χ1n) is 14.5. The van der Waals surface area contributed by atoms with Crippen LogP contribution in [0.2, 0.25) is 0 Å². The van der Waals surface area contributed by atoms with Crippen LogP contribution in [0.1, 0.15) is 0 Å². The van der Waals surface area contributed by atoms with Gasteiger partial charge < -0.3 is 4.98 Å². The average molecular weight is 550 g/mol. The number of hydrogen-bond donors (Lipinski definition) is 1. The fourth-order valence-electron chi connectivity index (χ4n) is 6.00. The van der Waals surface area contributed by atoms with E-state index in [-0.39, 0.29) is 0 Å². The summed E-state index contributed by atoms with van der Waals surface area (Å²) in [5, 5.41) is 2.35. The number of pyridine rings is 2. The average Bonchev–Trinajstić information content (AvgIpc) is 3.48. The molecule has 1 N–H and O–H groups in total. The van der Waals surface area contributed by atoms with Crippen molar-refractivity contribution in [1.82, 2.24) is 15.0 Å². The van der Waals surface area contributed by atoms with Crippen LogP contribution in [-0.2, 0) is 0 Å². The molecule has 0 amide bonds. The first-order chi connectivity index (χ1) is 21.3. The molecule has 3 nitrogen and oxygen atoms in total. The second-order valence-electron chi connectivity index (χ2n) is 10.7. The molecule has 0 saturated heterocycles. The predicted octanol–water partition coefficient (Wildman–Crippen LogP) is 10.4. The van der Waals surface area contributed by atoms with E-state index < -0.39 is 0 Å². The minimum atomic E-state index is 0.929. The van der Waals surface area contributed by atoms with Crippen molar-refractivity contribution in [1.29, 1.82) is 0 Å². The van der Waals surface area contributed by atoms with Crippen LogP contribution in [0.15, 0.2) is 158 Å². The van der Waals surface area contributed by atoms with Crippen molar-refractivity contribution in [3.05, 3.63) is 158 Å². The molecule has 0 unspecified atom stereocenters. The number of aromatic nitrogens is 3. The molecule has 0 saturated carbocycles. The summed E-state index contributed by atoms with van der Waals surface area (Å²) in [5.74, 6) is 0. The topological polar surface area (TPSA) is 41.6 Å². The summed E-state index contributed by atoms with van der Waals surface area (Å²) < 4.78 is 0. The molecule has 0 aliphatic carbocycles. The van der Waals surface area contributed by atoms with Gasteiger partial charge in [0.1, 0.15) is 0 Å². The van der Waals surface area contributed by atoms with E-state index in [1.54, 1.807) is 0 Å². The van der Waals surface area contributed by atoms with Gasteiger partial charge in [-0.2, -0.15) is 0 Å². The van der Waals surface area contributed by atoms with Gasteiger partial charge in [0.25, 0.3) is 0 Å². The summed E-state index contributed by atoms with van der Waals surface area (Å²) in [6.07, 6.45) is 1.84. The molecule has 0 radical (unpaired) electrons. The molecule has 0 spiro atoms. The molecule has 0 aliphatic rings. The Hall–Kier alpha value is -5.80. The standard InChI is InChI=1S/C40H27N3/c1-3-12-27(13-4-1)29-16-9-17-30(24-29)37-25-31(28-14-5-2-6-15-28)26-38(42-37)35-21-11-19-33-32-18-10-20-34(39(32)43-40(33)35)36-22-7-8-23-41-36/h1-26,43H. The number of hydrogen-bond acceptors (Lipinski definition) is 2. The first kappa shape index (κ1) is 25.0. The van der Waals surface area contributed by atoms with Gasteiger partial charge in [0.05, 0.1) is 28.1 Å². The summed E-state index contributed by atoms with van der Waals surface area (Å²) >= 11 is 0. The summed E-state index contributed by atoms with van der Waals surface area (Å²) in [4.78, 5) is 13.7. The minimum Gasteiger partial charge on any atom is -0.353 e. The van der Waals surface area contributed by atoms with Crippen molar-refractivity contribution in [2.24, 2.45) is 0 Å². The van der Waals surface area contributed by atoms with E-state index in [0.29, 0.717) is 0 Å². The van der Waals surface area contributed by atoms with Crippen molar-refractivity contribution < 1.29 is 0 Å². The molecule has 0 bridgehead atoms. The summed E-state index contributed by atoms with van der Waals surface area (Å²) in [7, 11) is 0. The third-order valence-electron chi connectivity index (χ3n) is 8.08. The van der Waals surface area contributed by atoms with E-state index in [2.05, 4.69) is 149 Å². The molecule has 3 aromatic heterocycles. The Morgan fingerprint density at radius 2 is 0.930 bits per heavy atom. The van der Waals surface area contributed by atoms with E-state index in [9.17, 15) is 0 Å². The number of rotatable bonds is 5. The Balaban J connectivity index is 1.34. The van der Waals surface area contributed by atoms with Gasteiger partial charge in [-0.15, -0.1) is 0 Å². The predicted molar refractivity (Wildman–Crippen MR) is 179 cm³/mol. The number of para-hydroxylation sites is 2. The first-order valence-corrected chi connectivity index (χ1v) is 14.5. The lowest BCUT2D eigenvalue weighted by molar-refractivity contribution is 1.32. The number of nitrogens with one attached hydrogen (secondary N) is 1. The lowest BCUT2D eigenvalue weighted by Crippen LogP contribution is -1.92. The molecular formula is C40H27N3. The number of nitrogens with zero attached hydrogens (tertiary/aromatic N) is 2. The van der Waals surface area contributed by atoms with E-state index in [1.165, 1.54) is 21.9 Å². The van der Waals surface area contributed by atoms with Crippen molar-refractivity contribution in [3.8, 4) is 56.0 Å². The van der Waals surface area contributed by atoms with Crippen LogP contribution < -0.4 is 0 Å². The molecule has 8 rings (SSSR count). The third-order valence-corrected chi connectivity index (χ3v) is 8.08. The van der Waals surface area contributed by atoms with Crippen LogP contribution in [0.25, 0.3) is 77.8 Å². The van der Waals surface area contributed by atoms with Gasteiger partial charge in [-0.3, -0.25) is 4.98 Å². The van der Waals surface area contributed by atoms with E-state index in [4.69, 9.17) is 4.98 Å². The van der Waals surface area contributed by atoms with Gasteiger partial charge in [0, 0.05) is 33.7 Å². The summed E-state index contributed by atoms with van der Waals surface area (Å²) in [5.41, 5.74) is 12.9. The van der Waals surface area contributed by atoms with Crippen LogP contribution in [0.4, 0.5) is 0 Å². The van der Waals surface area contributed by atoms with Gasteiger partial charge >= 0.3 is 0 Å². The number of benzene rings is 5. The van der Waals surface area contributed by atoms with Crippen LogP contribution in [0.3, 0.4) is 0 Å². The molecule has 0 fully saturated rings. The SMILES string of the molecule is c1ccc(-c2cccc(-c3cc(-c4ccccc4)cc(-c4cccc5c4[nH]c4c(-c6ccccn6)cccc45)n3)c2)cc1. The molecule has 3 heterocycles. The number of fused-ring (bicyclic) bond motifs is 3. The molecule has 0 atom stereocenters. The Morgan fingerprint density at radius 1 is 0.372 bits per heavy atom. The minimum absolute atomic E-state index is 0.929. The van der Waals surface area contributed by atoms with Crippen molar-refractivity contribution >= 4 is 21.8 Å². The monoisotopic (exact) mass is 549 g/mol. The second-order valence-corrected chi connectivity index (χ2v) is 10.7. The zero-order valence-electron chi connectivity index (χ0n) is 23.4. The second kappa shape index (κ2) is 10.6. The zero-order valence-corrected chi connectivity index (χ0v) is 23.4. The van der Waals surface area contributed by atoms with Gasteiger partial charge in [-0.05, 0) is 52.6 Å².